The van der Waals surface area contributed by atoms with Gasteiger partial charge in [-0.3, -0.25) is 14.3 Å². The third-order valence-corrected chi connectivity index (χ3v) is 4.00. The molecule has 0 saturated heterocycles. The monoisotopic (exact) mass is 395 g/mol. The third-order valence-electron chi connectivity index (χ3n) is 4.00. The van der Waals surface area contributed by atoms with E-state index in [-0.39, 0.29) is 30.4 Å². The average molecular weight is 395 g/mol. The Morgan fingerprint density at radius 2 is 2.14 bits per heavy atom. The maximum atomic E-state index is 12.4. The molecule has 2 heterocycles. The van der Waals surface area contributed by atoms with Gasteiger partial charge in [-0.05, 0) is 20.3 Å². The summed E-state index contributed by atoms with van der Waals surface area (Å²) in [7, 11) is 1.53. The molecule has 10 nitrogen and oxygen atoms in total. The summed E-state index contributed by atoms with van der Waals surface area (Å²) in [6, 6.07) is 0. The molecule has 0 radical (unpaired) electrons. The van der Waals surface area contributed by atoms with Gasteiger partial charge in [0.25, 0.3) is 5.56 Å². The first-order valence-corrected chi connectivity index (χ1v) is 9.26. The molecule has 28 heavy (non-hydrogen) atoms. The van der Waals surface area contributed by atoms with Crippen LogP contribution in [0, 0.1) is 0 Å². The molecule has 2 aromatic rings. The number of aliphatic hydroxyl groups is 1. The van der Waals surface area contributed by atoms with Gasteiger partial charge in [-0.2, -0.15) is 4.98 Å². The normalized spacial score (nSPS) is 12.6. The number of hydrogen-bond donors (Lipinski definition) is 3. The number of nitrogens with one attached hydrogen (secondary N) is 2. The van der Waals surface area contributed by atoms with Crippen LogP contribution < -0.4 is 16.6 Å². The molecule has 0 unspecified atom stereocenters. The SMILES string of the molecule is C=CCOC[C@@H](O)Cn1c(NCCCOC(C)C)nc2c1c(=O)[nH]c(=O)n2C. The van der Waals surface area contributed by atoms with E-state index < -0.39 is 17.4 Å². The summed E-state index contributed by atoms with van der Waals surface area (Å²) in [5.41, 5.74) is -0.644. The van der Waals surface area contributed by atoms with Gasteiger partial charge in [0.15, 0.2) is 11.2 Å². The van der Waals surface area contributed by atoms with Crippen molar-refractivity contribution >= 4 is 17.1 Å². The fourth-order valence-corrected chi connectivity index (χ4v) is 2.69. The second-order valence-corrected chi connectivity index (χ2v) is 6.72. The summed E-state index contributed by atoms with van der Waals surface area (Å²) in [6.45, 7) is 9.12. The second kappa shape index (κ2) is 10.2. The molecule has 2 rings (SSSR count). The minimum atomic E-state index is -0.862. The predicted molar refractivity (Wildman–Crippen MR) is 107 cm³/mol. The van der Waals surface area contributed by atoms with Crippen molar-refractivity contribution in [2.75, 3.05) is 31.7 Å². The topological polar surface area (TPSA) is 123 Å². The number of aliphatic hydroxyl groups excluding tert-OH is 1. The first-order valence-electron chi connectivity index (χ1n) is 9.26. The number of H-pyrrole nitrogens is 1. The molecule has 0 aliphatic rings. The number of fused-ring (bicyclic) bond motifs is 1. The van der Waals surface area contributed by atoms with Crippen LogP contribution >= 0.6 is 0 Å². The number of aromatic amines is 1. The molecular formula is C18H29N5O5. The standard InChI is InChI=1S/C18H29N5O5/c1-5-8-27-11-13(24)10-23-14-15(22(4)18(26)21-16(14)25)20-17(23)19-7-6-9-28-12(2)3/h5,12-13,24H,1,6-11H2,2-4H3,(H,19,20)(H,21,25,26)/t13-/m0/s1. The number of nitrogens with zero attached hydrogens (tertiary/aromatic N) is 3. The van der Waals surface area contributed by atoms with E-state index in [1.165, 1.54) is 11.6 Å². The number of rotatable bonds is 12. The molecule has 0 amide bonds. The van der Waals surface area contributed by atoms with Gasteiger partial charge in [-0.1, -0.05) is 6.08 Å². The number of imidazole rings is 1. The summed E-state index contributed by atoms with van der Waals surface area (Å²) >= 11 is 0. The van der Waals surface area contributed by atoms with E-state index in [1.807, 2.05) is 13.8 Å². The molecule has 0 fully saturated rings. The van der Waals surface area contributed by atoms with Gasteiger partial charge in [0, 0.05) is 20.2 Å². The molecule has 0 saturated carbocycles. The summed E-state index contributed by atoms with van der Waals surface area (Å²) in [6.07, 6.45) is 1.62. The van der Waals surface area contributed by atoms with Crippen LogP contribution in [0.15, 0.2) is 22.2 Å². The van der Waals surface area contributed by atoms with Crippen LogP contribution in [0.5, 0.6) is 0 Å². The third kappa shape index (κ3) is 5.54. The summed E-state index contributed by atoms with van der Waals surface area (Å²) in [5, 5.41) is 13.4. The Balaban J connectivity index is 2.26. The molecule has 0 spiro atoms. The van der Waals surface area contributed by atoms with Crippen molar-refractivity contribution in [3.63, 3.8) is 0 Å². The van der Waals surface area contributed by atoms with E-state index in [4.69, 9.17) is 9.47 Å². The number of ether oxygens (including phenoxy) is 2. The molecule has 1 atom stereocenters. The highest BCUT2D eigenvalue weighted by atomic mass is 16.5. The lowest BCUT2D eigenvalue weighted by Gasteiger charge is -2.15. The molecule has 0 aromatic carbocycles. The molecule has 2 aromatic heterocycles. The summed E-state index contributed by atoms with van der Waals surface area (Å²) < 4.78 is 13.6. The smallest absolute Gasteiger partial charge is 0.329 e. The molecule has 156 valence electrons. The molecule has 10 heteroatoms. The Morgan fingerprint density at radius 3 is 2.82 bits per heavy atom. The van der Waals surface area contributed by atoms with Crippen LogP contribution in [0.1, 0.15) is 20.3 Å². The van der Waals surface area contributed by atoms with E-state index in [1.54, 1.807) is 10.6 Å². The minimum Gasteiger partial charge on any atom is -0.389 e. The van der Waals surface area contributed by atoms with Gasteiger partial charge < -0.3 is 24.5 Å². The Kier molecular flexibility index (Phi) is 7.97. The maximum Gasteiger partial charge on any atom is 0.329 e. The lowest BCUT2D eigenvalue weighted by atomic mass is 10.3. The highest BCUT2D eigenvalue weighted by molar-refractivity contribution is 5.74. The van der Waals surface area contributed by atoms with Gasteiger partial charge in [0.1, 0.15) is 0 Å². The van der Waals surface area contributed by atoms with Crippen LogP contribution in [-0.2, 0) is 23.1 Å². The highest BCUT2D eigenvalue weighted by Crippen LogP contribution is 2.16. The molecule has 0 bridgehead atoms. The Bertz CT molecular complexity index is 898. The lowest BCUT2D eigenvalue weighted by molar-refractivity contribution is 0.0405. The van der Waals surface area contributed by atoms with E-state index in [0.29, 0.717) is 25.7 Å². The van der Waals surface area contributed by atoms with Crippen molar-refractivity contribution in [2.45, 2.75) is 39.0 Å². The van der Waals surface area contributed by atoms with Crippen molar-refractivity contribution in [3.8, 4) is 0 Å². The van der Waals surface area contributed by atoms with Crippen LogP contribution in [-0.4, -0.2) is 62.8 Å². The van der Waals surface area contributed by atoms with Crippen molar-refractivity contribution in [2.24, 2.45) is 7.05 Å². The zero-order chi connectivity index (χ0) is 20.7. The van der Waals surface area contributed by atoms with Crippen LogP contribution in [0.25, 0.3) is 11.2 Å². The van der Waals surface area contributed by atoms with Gasteiger partial charge in [-0.15, -0.1) is 6.58 Å². The van der Waals surface area contributed by atoms with Crippen molar-refractivity contribution in [3.05, 3.63) is 33.5 Å². The Morgan fingerprint density at radius 1 is 1.39 bits per heavy atom. The van der Waals surface area contributed by atoms with Gasteiger partial charge in [-0.25, -0.2) is 4.79 Å². The average Bonchev–Trinajstić information content (AvgIpc) is 2.98. The van der Waals surface area contributed by atoms with E-state index in [9.17, 15) is 14.7 Å². The molecular weight excluding hydrogens is 366 g/mol. The largest absolute Gasteiger partial charge is 0.389 e. The molecule has 0 aliphatic carbocycles. The van der Waals surface area contributed by atoms with E-state index in [2.05, 4.69) is 21.9 Å². The van der Waals surface area contributed by atoms with Crippen molar-refractivity contribution in [1.82, 2.24) is 19.1 Å². The number of aromatic nitrogens is 4. The first kappa shape index (κ1) is 21.9. The lowest BCUT2D eigenvalue weighted by Crippen LogP contribution is -2.30. The minimum absolute atomic E-state index is 0.0804. The molecule has 3 N–H and O–H groups in total. The van der Waals surface area contributed by atoms with Gasteiger partial charge in [0.2, 0.25) is 5.95 Å². The zero-order valence-electron chi connectivity index (χ0n) is 16.6. The Labute approximate surface area is 162 Å². The summed E-state index contributed by atoms with van der Waals surface area (Å²) in [5.74, 6) is 0.397. The fourth-order valence-electron chi connectivity index (χ4n) is 2.69. The zero-order valence-corrected chi connectivity index (χ0v) is 16.6. The highest BCUT2D eigenvalue weighted by Gasteiger charge is 2.19. The number of anilines is 1. The van der Waals surface area contributed by atoms with Crippen molar-refractivity contribution < 1.29 is 14.6 Å². The molecule has 0 aliphatic heterocycles. The first-order chi connectivity index (χ1) is 13.3. The van der Waals surface area contributed by atoms with E-state index in [0.717, 1.165) is 6.42 Å². The second-order valence-electron chi connectivity index (χ2n) is 6.72. The maximum absolute atomic E-state index is 12.4. The Hall–Kier alpha value is -2.43. The quantitative estimate of drug-likeness (QED) is 0.347. The van der Waals surface area contributed by atoms with E-state index >= 15 is 0 Å². The van der Waals surface area contributed by atoms with Gasteiger partial charge >= 0.3 is 5.69 Å². The predicted octanol–water partition coefficient (Wildman–Crippen LogP) is 0.214. The number of hydrogen-bond acceptors (Lipinski definition) is 7. The summed E-state index contributed by atoms with van der Waals surface area (Å²) in [4.78, 5) is 30.9. The van der Waals surface area contributed by atoms with Gasteiger partial charge in [0.05, 0.1) is 32.0 Å². The fraction of sp³-hybridized carbons (Fsp3) is 0.611. The van der Waals surface area contributed by atoms with Crippen molar-refractivity contribution in [1.29, 1.82) is 0 Å². The van der Waals surface area contributed by atoms with Crippen LogP contribution in [0.2, 0.25) is 0 Å². The van der Waals surface area contributed by atoms with Crippen LogP contribution in [0.4, 0.5) is 5.95 Å². The number of aryl methyl sites for hydroxylation is 1. The van der Waals surface area contributed by atoms with Crippen LogP contribution in [0.3, 0.4) is 0 Å².